The van der Waals surface area contributed by atoms with Gasteiger partial charge in [-0.15, -0.1) is 0 Å². The van der Waals surface area contributed by atoms with Crippen LogP contribution in [0.5, 0.6) is 5.75 Å². The number of carboxylic acid groups (broad SMARTS) is 1. The van der Waals surface area contributed by atoms with Crippen LogP contribution in [0.1, 0.15) is 29.6 Å². The summed E-state index contributed by atoms with van der Waals surface area (Å²) in [7, 11) is 1.64. The van der Waals surface area contributed by atoms with Gasteiger partial charge in [0.2, 0.25) is 0 Å². The summed E-state index contributed by atoms with van der Waals surface area (Å²) in [4.78, 5) is 22.7. The van der Waals surface area contributed by atoms with Gasteiger partial charge in [-0.25, -0.2) is 9.59 Å². The fourth-order valence-electron chi connectivity index (χ4n) is 1.73. The molecule has 0 fully saturated rings. The van der Waals surface area contributed by atoms with Gasteiger partial charge in [0.15, 0.2) is 0 Å². The summed E-state index contributed by atoms with van der Waals surface area (Å²) < 4.78 is 4.92. The summed E-state index contributed by atoms with van der Waals surface area (Å²) in [6.45, 7) is 1.19. The number of rotatable bonds is 8. The molecule has 4 N–H and O–H groups in total. The van der Waals surface area contributed by atoms with Crippen molar-refractivity contribution in [3.63, 3.8) is 0 Å². The van der Waals surface area contributed by atoms with E-state index in [1.54, 1.807) is 7.11 Å². The van der Waals surface area contributed by atoms with E-state index < -0.39 is 12.0 Å². The third-order valence-electron chi connectivity index (χ3n) is 2.79. The molecule has 7 heteroatoms. The number of anilines is 1. The van der Waals surface area contributed by atoms with Crippen molar-refractivity contribution in [3.05, 3.63) is 23.8 Å². The highest BCUT2D eigenvalue weighted by Gasteiger charge is 2.13. The number of ether oxygens (including phenoxy) is 1. The minimum absolute atomic E-state index is 0.136. The first-order valence-corrected chi connectivity index (χ1v) is 6.64. The highest BCUT2D eigenvalue weighted by molar-refractivity contribution is 6.00. The smallest absolute Gasteiger partial charge is 0.337 e. The van der Waals surface area contributed by atoms with Gasteiger partial charge in [-0.3, -0.25) is 0 Å². The highest BCUT2D eigenvalue weighted by Crippen LogP contribution is 2.21. The molecule has 0 bridgehead atoms. The Balaban J connectivity index is 2.43. The lowest BCUT2D eigenvalue weighted by atomic mass is 10.1. The van der Waals surface area contributed by atoms with E-state index in [2.05, 4.69) is 10.6 Å². The lowest BCUT2D eigenvalue weighted by Crippen LogP contribution is -2.30. The molecule has 0 aliphatic heterocycles. The topological polar surface area (TPSA) is 108 Å². The van der Waals surface area contributed by atoms with Gasteiger partial charge in [0, 0.05) is 20.3 Å². The molecule has 0 aromatic heterocycles. The third-order valence-corrected chi connectivity index (χ3v) is 2.79. The Labute approximate surface area is 122 Å². The van der Waals surface area contributed by atoms with Gasteiger partial charge in [0.25, 0.3) is 0 Å². The second kappa shape index (κ2) is 8.80. The van der Waals surface area contributed by atoms with Gasteiger partial charge >= 0.3 is 12.0 Å². The number of carbonyl (C=O) groups excluding carboxylic acids is 1. The van der Waals surface area contributed by atoms with Crippen LogP contribution in [-0.2, 0) is 4.74 Å². The zero-order valence-corrected chi connectivity index (χ0v) is 11.9. The summed E-state index contributed by atoms with van der Waals surface area (Å²) in [5.74, 6) is -1.39. The Bertz CT molecular complexity index is 490. The molecule has 0 saturated carbocycles. The minimum Gasteiger partial charge on any atom is -0.508 e. The fraction of sp³-hybridized carbons (Fsp3) is 0.429. The molecule has 0 unspecified atom stereocenters. The number of aromatic hydroxyl groups is 1. The lowest BCUT2D eigenvalue weighted by Gasteiger charge is -2.10. The Morgan fingerprint density at radius 3 is 2.67 bits per heavy atom. The maximum Gasteiger partial charge on any atom is 0.337 e. The number of carboxylic acids is 1. The number of hydrogen-bond acceptors (Lipinski definition) is 4. The van der Waals surface area contributed by atoms with Gasteiger partial charge in [0.1, 0.15) is 5.75 Å². The number of methoxy groups -OCH3 is 1. The summed E-state index contributed by atoms with van der Waals surface area (Å²) in [5, 5.41) is 23.4. The van der Waals surface area contributed by atoms with E-state index >= 15 is 0 Å². The average Bonchev–Trinajstić information content (AvgIpc) is 2.44. The maximum atomic E-state index is 11.7. The van der Waals surface area contributed by atoms with Crippen molar-refractivity contribution >= 4 is 17.7 Å². The van der Waals surface area contributed by atoms with Crippen molar-refractivity contribution in [2.45, 2.75) is 19.3 Å². The molecular weight excluding hydrogens is 276 g/mol. The lowest BCUT2D eigenvalue weighted by molar-refractivity contribution is 0.0697. The predicted octanol–water partition coefficient (Wildman–Crippen LogP) is 2.03. The first-order chi connectivity index (χ1) is 10.0. The molecule has 0 heterocycles. The molecule has 0 spiro atoms. The molecule has 1 aromatic carbocycles. The Hall–Kier alpha value is -2.28. The molecule has 0 saturated heterocycles. The summed E-state index contributed by atoms with van der Waals surface area (Å²) in [5.41, 5.74) is -0.0255. The van der Waals surface area contributed by atoms with E-state index in [1.165, 1.54) is 12.1 Å². The number of phenols is 1. The largest absolute Gasteiger partial charge is 0.508 e. The molecule has 1 aromatic rings. The van der Waals surface area contributed by atoms with Crippen LogP contribution in [0.3, 0.4) is 0 Å². The Kier molecular flexibility index (Phi) is 7.03. The van der Waals surface area contributed by atoms with Crippen molar-refractivity contribution in [1.82, 2.24) is 5.32 Å². The second-order valence-corrected chi connectivity index (χ2v) is 4.47. The van der Waals surface area contributed by atoms with Gasteiger partial charge in [0.05, 0.1) is 11.3 Å². The highest BCUT2D eigenvalue weighted by atomic mass is 16.5. The number of amides is 2. The third kappa shape index (κ3) is 6.13. The molecular formula is C14H20N2O5. The van der Waals surface area contributed by atoms with E-state index in [4.69, 9.17) is 9.84 Å². The average molecular weight is 296 g/mol. The van der Waals surface area contributed by atoms with E-state index in [0.29, 0.717) is 13.2 Å². The molecule has 0 radical (unpaired) electrons. The van der Waals surface area contributed by atoms with E-state index in [1.807, 2.05) is 0 Å². The molecule has 2 amide bonds. The monoisotopic (exact) mass is 296 g/mol. The minimum atomic E-state index is -1.22. The Morgan fingerprint density at radius 2 is 2.00 bits per heavy atom. The number of urea groups is 1. The fourth-order valence-corrected chi connectivity index (χ4v) is 1.73. The van der Waals surface area contributed by atoms with Crippen molar-refractivity contribution in [3.8, 4) is 5.75 Å². The maximum absolute atomic E-state index is 11.7. The zero-order valence-electron chi connectivity index (χ0n) is 11.9. The molecule has 116 valence electrons. The van der Waals surface area contributed by atoms with Crippen molar-refractivity contribution < 1.29 is 24.5 Å². The van der Waals surface area contributed by atoms with Crippen LogP contribution < -0.4 is 10.6 Å². The number of hydrogen-bond donors (Lipinski definition) is 4. The van der Waals surface area contributed by atoms with Crippen molar-refractivity contribution in [2.24, 2.45) is 0 Å². The van der Waals surface area contributed by atoms with Crippen molar-refractivity contribution in [1.29, 1.82) is 0 Å². The van der Waals surface area contributed by atoms with Crippen LogP contribution in [0.15, 0.2) is 18.2 Å². The normalized spacial score (nSPS) is 10.1. The second-order valence-electron chi connectivity index (χ2n) is 4.47. The number of unbranched alkanes of at least 4 members (excludes halogenated alkanes) is 2. The molecule has 0 aliphatic carbocycles. The van der Waals surface area contributed by atoms with Crippen LogP contribution >= 0.6 is 0 Å². The number of carbonyl (C=O) groups is 2. The number of aromatic carboxylic acids is 1. The van der Waals surface area contributed by atoms with Crippen molar-refractivity contribution in [2.75, 3.05) is 25.6 Å². The molecule has 7 nitrogen and oxygen atoms in total. The number of phenolic OH excluding ortho intramolecular Hbond substituents is 1. The first-order valence-electron chi connectivity index (χ1n) is 6.64. The van der Waals surface area contributed by atoms with Gasteiger partial charge in [-0.05, 0) is 37.5 Å². The molecule has 21 heavy (non-hydrogen) atoms. The molecule has 0 atom stereocenters. The van der Waals surface area contributed by atoms with Gasteiger partial charge in [-0.2, -0.15) is 0 Å². The van der Waals surface area contributed by atoms with Crippen LogP contribution in [0.4, 0.5) is 10.5 Å². The summed E-state index contributed by atoms with van der Waals surface area (Å²) in [6, 6.07) is 3.27. The summed E-state index contributed by atoms with van der Waals surface area (Å²) >= 11 is 0. The number of nitrogens with one attached hydrogen (secondary N) is 2. The van der Waals surface area contributed by atoms with E-state index in [0.717, 1.165) is 25.3 Å². The quantitative estimate of drug-likeness (QED) is 0.433. The van der Waals surface area contributed by atoms with Crippen LogP contribution in [0.25, 0.3) is 0 Å². The van der Waals surface area contributed by atoms with Crippen LogP contribution in [-0.4, -0.2) is 42.5 Å². The number of benzene rings is 1. The van der Waals surface area contributed by atoms with Gasteiger partial charge in [-0.1, -0.05) is 0 Å². The predicted molar refractivity (Wildman–Crippen MR) is 77.8 cm³/mol. The molecule has 1 rings (SSSR count). The molecule has 0 aliphatic rings. The van der Waals surface area contributed by atoms with Crippen LogP contribution in [0, 0.1) is 0 Å². The van der Waals surface area contributed by atoms with E-state index in [9.17, 15) is 14.7 Å². The first kappa shape index (κ1) is 16.8. The van der Waals surface area contributed by atoms with Gasteiger partial charge < -0.3 is 25.6 Å². The van der Waals surface area contributed by atoms with Crippen LogP contribution in [0.2, 0.25) is 0 Å². The summed E-state index contributed by atoms with van der Waals surface area (Å²) in [6.07, 6.45) is 2.69. The standard InChI is InChI=1S/C14H20N2O5/c1-21-8-4-2-3-7-15-14(20)16-12-6-5-10(17)9-11(12)13(18)19/h5-6,9,17H,2-4,7-8H2,1H3,(H,18,19)(H2,15,16,20). The zero-order chi connectivity index (χ0) is 15.7. The Morgan fingerprint density at radius 1 is 1.24 bits per heavy atom. The van der Waals surface area contributed by atoms with E-state index in [-0.39, 0.29) is 17.0 Å². The SMILES string of the molecule is COCCCCCNC(=O)Nc1ccc(O)cc1C(=O)O.